The monoisotopic (exact) mass is 311 g/mol. The molecule has 1 aliphatic rings. The van der Waals surface area contributed by atoms with Gasteiger partial charge in [-0.25, -0.2) is 0 Å². The zero-order valence-corrected chi connectivity index (χ0v) is 15.4. The minimum atomic E-state index is 0.585. The maximum Gasteiger partial charge on any atom is 0.191 e. The zero-order valence-electron chi connectivity index (χ0n) is 15.4. The van der Waals surface area contributed by atoms with Crippen molar-refractivity contribution in [3.05, 3.63) is 0 Å². The molecule has 22 heavy (non-hydrogen) atoms. The zero-order chi connectivity index (χ0) is 16.4. The van der Waals surface area contributed by atoms with E-state index < -0.39 is 0 Å². The van der Waals surface area contributed by atoms with Gasteiger partial charge in [-0.15, -0.1) is 0 Å². The molecule has 0 amide bonds. The summed E-state index contributed by atoms with van der Waals surface area (Å²) in [5, 5.41) is 6.84. The third-order valence-corrected chi connectivity index (χ3v) is 4.77. The first kappa shape index (κ1) is 19.2. The van der Waals surface area contributed by atoms with E-state index in [2.05, 4.69) is 53.2 Å². The maximum absolute atomic E-state index is 4.31. The predicted octanol–water partition coefficient (Wildman–Crippen LogP) is 1.76. The number of piperidine rings is 1. The van der Waals surface area contributed by atoms with Crippen LogP contribution in [0.2, 0.25) is 0 Å². The van der Waals surface area contributed by atoms with Gasteiger partial charge < -0.3 is 15.5 Å². The van der Waals surface area contributed by atoms with Gasteiger partial charge in [-0.3, -0.25) is 9.89 Å². The molecular formula is C17H37N5. The van der Waals surface area contributed by atoms with Crippen LogP contribution in [0, 0.1) is 0 Å². The standard InChI is InChI=1S/C17H37N5/c1-6-16-9-7-8-12-22(16)14-11-20-17(18-4)19-10-13-21(5)15(2)3/h15-16H,6-14H2,1-5H3,(H2,18,19,20). The van der Waals surface area contributed by atoms with Crippen molar-refractivity contribution in [2.24, 2.45) is 4.99 Å². The summed E-state index contributed by atoms with van der Waals surface area (Å²) in [6, 6.07) is 1.37. The number of guanidine groups is 1. The first-order valence-electron chi connectivity index (χ1n) is 8.97. The van der Waals surface area contributed by atoms with Crippen LogP contribution in [0.5, 0.6) is 0 Å². The molecule has 1 rings (SSSR count). The molecule has 1 heterocycles. The van der Waals surface area contributed by atoms with Crippen LogP contribution < -0.4 is 10.6 Å². The number of likely N-dealkylation sites (N-methyl/N-ethyl adjacent to an activating group) is 1. The molecule has 1 aliphatic heterocycles. The highest BCUT2D eigenvalue weighted by Gasteiger charge is 2.19. The molecular weight excluding hydrogens is 274 g/mol. The molecule has 0 aromatic rings. The van der Waals surface area contributed by atoms with E-state index in [1.807, 2.05) is 7.05 Å². The summed E-state index contributed by atoms with van der Waals surface area (Å²) < 4.78 is 0. The lowest BCUT2D eigenvalue weighted by molar-refractivity contribution is 0.147. The number of aliphatic imine (C=N–C) groups is 1. The third kappa shape index (κ3) is 6.97. The van der Waals surface area contributed by atoms with Crippen molar-refractivity contribution in [2.75, 3.05) is 46.8 Å². The van der Waals surface area contributed by atoms with E-state index >= 15 is 0 Å². The molecule has 0 aliphatic carbocycles. The van der Waals surface area contributed by atoms with E-state index in [-0.39, 0.29) is 0 Å². The van der Waals surface area contributed by atoms with E-state index in [1.54, 1.807) is 0 Å². The van der Waals surface area contributed by atoms with Gasteiger partial charge in [-0.1, -0.05) is 13.3 Å². The van der Waals surface area contributed by atoms with Crippen molar-refractivity contribution in [3.63, 3.8) is 0 Å². The van der Waals surface area contributed by atoms with Crippen LogP contribution in [0.1, 0.15) is 46.5 Å². The van der Waals surface area contributed by atoms with Gasteiger partial charge in [0.25, 0.3) is 0 Å². The molecule has 0 spiro atoms. The fourth-order valence-corrected chi connectivity index (χ4v) is 2.96. The van der Waals surface area contributed by atoms with Gasteiger partial charge in [0.15, 0.2) is 5.96 Å². The number of likely N-dealkylation sites (tertiary alicyclic amines) is 1. The Hall–Kier alpha value is -0.810. The highest BCUT2D eigenvalue weighted by Crippen LogP contribution is 2.18. The lowest BCUT2D eigenvalue weighted by Gasteiger charge is -2.35. The lowest BCUT2D eigenvalue weighted by atomic mass is 10.0. The van der Waals surface area contributed by atoms with E-state index in [1.165, 1.54) is 32.2 Å². The van der Waals surface area contributed by atoms with Crippen LogP contribution >= 0.6 is 0 Å². The fraction of sp³-hybridized carbons (Fsp3) is 0.941. The van der Waals surface area contributed by atoms with Crippen molar-refractivity contribution in [2.45, 2.75) is 58.5 Å². The van der Waals surface area contributed by atoms with Crippen molar-refractivity contribution < 1.29 is 0 Å². The van der Waals surface area contributed by atoms with Crippen LogP contribution in [0.4, 0.5) is 0 Å². The van der Waals surface area contributed by atoms with Gasteiger partial charge in [0.2, 0.25) is 0 Å². The van der Waals surface area contributed by atoms with Gasteiger partial charge in [-0.05, 0) is 46.7 Å². The Balaban J connectivity index is 2.20. The van der Waals surface area contributed by atoms with E-state index in [9.17, 15) is 0 Å². The second-order valence-corrected chi connectivity index (χ2v) is 6.59. The Labute approximate surface area is 137 Å². The van der Waals surface area contributed by atoms with Gasteiger partial charge in [0.05, 0.1) is 0 Å². The quantitative estimate of drug-likeness (QED) is 0.529. The van der Waals surface area contributed by atoms with Gasteiger partial charge in [-0.2, -0.15) is 0 Å². The van der Waals surface area contributed by atoms with Crippen molar-refractivity contribution in [1.82, 2.24) is 20.4 Å². The highest BCUT2D eigenvalue weighted by molar-refractivity contribution is 5.79. The lowest BCUT2D eigenvalue weighted by Crippen LogP contribution is -2.47. The maximum atomic E-state index is 4.31. The van der Waals surface area contributed by atoms with E-state index in [0.29, 0.717) is 6.04 Å². The number of hydrogen-bond acceptors (Lipinski definition) is 3. The molecule has 1 saturated heterocycles. The third-order valence-electron chi connectivity index (χ3n) is 4.77. The van der Waals surface area contributed by atoms with Gasteiger partial charge in [0.1, 0.15) is 0 Å². The van der Waals surface area contributed by atoms with Crippen LogP contribution in [0.15, 0.2) is 4.99 Å². The van der Waals surface area contributed by atoms with Gasteiger partial charge >= 0.3 is 0 Å². The average molecular weight is 312 g/mol. The van der Waals surface area contributed by atoms with Crippen molar-refractivity contribution in [3.8, 4) is 0 Å². The largest absolute Gasteiger partial charge is 0.355 e. The predicted molar refractivity (Wildman–Crippen MR) is 96.6 cm³/mol. The van der Waals surface area contributed by atoms with Crippen molar-refractivity contribution >= 4 is 5.96 Å². The Morgan fingerprint density at radius 2 is 2.00 bits per heavy atom. The molecule has 0 aromatic carbocycles. The Morgan fingerprint density at radius 1 is 1.27 bits per heavy atom. The van der Waals surface area contributed by atoms with Crippen LogP contribution in [0.25, 0.3) is 0 Å². The topological polar surface area (TPSA) is 42.9 Å². The number of nitrogens with zero attached hydrogens (tertiary/aromatic N) is 3. The summed E-state index contributed by atoms with van der Waals surface area (Å²) in [5.41, 5.74) is 0. The first-order valence-corrected chi connectivity index (χ1v) is 8.97. The molecule has 1 fully saturated rings. The smallest absolute Gasteiger partial charge is 0.191 e. The van der Waals surface area contributed by atoms with E-state index in [0.717, 1.165) is 38.2 Å². The Kier molecular flexibility index (Phi) is 9.48. The first-order chi connectivity index (χ1) is 10.6. The molecule has 5 nitrogen and oxygen atoms in total. The molecule has 5 heteroatoms. The Morgan fingerprint density at radius 3 is 2.64 bits per heavy atom. The van der Waals surface area contributed by atoms with Crippen LogP contribution in [-0.4, -0.2) is 74.7 Å². The second-order valence-electron chi connectivity index (χ2n) is 6.59. The minimum absolute atomic E-state index is 0.585. The summed E-state index contributed by atoms with van der Waals surface area (Å²) in [6.45, 7) is 12.0. The average Bonchev–Trinajstić information content (AvgIpc) is 2.53. The molecule has 0 bridgehead atoms. The molecule has 1 atom stereocenters. The summed E-state index contributed by atoms with van der Waals surface area (Å²) in [4.78, 5) is 9.28. The van der Waals surface area contributed by atoms with Crippen LogP contribution in [-0.2, 0) is 0 Å². The normalized spacial score (nSPS) is 20.7. The number of nitrogens with one attached hydrogen (secondary N) is 2. The highest BCUT2D eigenvalue weighted by atomic mass is 15.2. The molecule has 0 radical (unpaired) electrons. The number of hydrogen-bond donors (Lipinski definition) is 2. The van der Waals surface area contributed by atoms with Crippen molar-refractivity contribution in [1.29, 1.82) is 0 Å². The number of rotatable bonds is 8. The minimum Gasteiger partial charge on any atom is -0.355 e. The van der Waals surface area contributed by atoms with Crippen LogP contribution in [0.3, 0.4) is 0 Å². The summed E-state index contributed by atoms with van der Waals surface area (Å²) in [5.74, 6) is 0.919. The molecule has 0 aromatic heterocycles. The molecule has 2 N–H and O–H groups in total. The van der Waals surface area contributed by atoms with Gasteiger partial charge in [0, 0.05) is 45.3 Å². The summed E-state index contributed by atoms with van der Waals surface area (Å²) >= 11 is 0. The fourth-order valence-electron chi connectivity index (χ4n) is 2.96. The van der Waals surface area contributed by atoms with E-state index in [4.69, 9.17) is 0 Å². The molecule has 1 unspecified atom stereocenters. The Bertz CT molecular complexity index is 316. The summed E-state index contributed by atoms with van der Waals surface area (Å²) in [6.07, 6.45) is 5.39. The molecule has 0 saturated carbocycles. The second kappa shape index (κ2) is 10.8. The summed E-state index contributed by atoms with van der Waals surface area (Å²) in [7, 11) is 4.00. The SMILES string of the molecule is CCC1CCCCN1CCNC(=NC)NCCN(C)C(C)C. The molecule has 130 valence electrons.